The zero-order valence-corrected chi connectivity index (χ0v) is 60.2. The molecule has 0 heterocycles. The number of carbonyl (C=O) groups excluding carboxylic acids is 4. The van der Waals surface area contributed by atoms with Crippen molar-refractivity contribution in [1.29, 1.82) is 0 Å². The fraction of sp³-hybridized carbons (Fsp3) is 0.944. The Morgan fingerprint density at radius 3 is 0.789 bits per heavy atom. The van der Waals surface area contributed by atoms with Gasteiger partial charge in [0, 0.05) is 25.7 Å². The van der Waals surface area contributed by atoms with E-state index in [0.717, 1.165) is 108 Å². The molecular weight excluding hydrogens is 1190 g/mol. The fourth-order valence-electron chi connectivity index (χ4n) is 10.7. The Balaban J connectivity index is 5.26. The topological polar surface area (TPSA) is 237 Å². The summed E-state index contributed by atoms with van der Waals surface area (Å²) in [5.74, 6) is -0.581. The zero-order chi connectivity index (χ0) is 66.5. The average Bonchev–Trinajstić information content (AvgIpc) is 2.34. The summed E-state index contributed by atoms with van der Waals surface area (Å²) in [4.78, 5) is 72.6. The summed E-state index contributed by atoms with van der Waals surface area (Å²) in [7, 11) is -9.90. The number of aliphatic hydroxyl groups excluding tert-OH is 1. The van der Waals surface area contributed by atoms with Gasteiger partial charge in [0.15, 0.2) is 12.2 Å². The van der Waals surface area contributed by atoms with Gasteiger partial charge < -0.3 is 33.8 Å². The number of aliphatic hydroxyl groups is 1. The standard InChI is InChI=1S/C71H138O17P2/c1-7-11-13-15-17-19-21-22-23-24-26-32-36-44-50-56-71(76)87-66(59-81-68(73)53-47-41-34-30-28-27-29-33-39-45-51-63(5)9-3)61-85-89(77,78)83-57-65(72)58-84-90(79,80)86-62-67(60-82-69(74)54-48-42-38-37-40-46-52-64(6)10-4)88-70(75)55-49-43-35-31-25-20-18-16-14-12-8-2/h63-67,72H,7-62H2,1-6H3,(H,77,78)(H,79,80)/t63?,64?,65-,66-,67-/m1/s1. The predicted molar refractivity (Wildman–Crippen MR) is 363 cm³/mol. The molecule has 0 aromatic carbocycles. The first-order valence-corrected chi connectivity index (χ1v) is 40.1. The van der Waals surface area contributed by atoms with Gasteiger partial charge >= 0.3 is 39.5 Å². The molecule has 0 saturated carbocycles. The molecule has 0 amide bonds. The third-order valence-corrected chi connectivity index (χ3v) is 19.1. The first kappa shape index (κ1) is 88.1. The number of rotatable bonds is 70. The maximum Gasteiger partial charge on any atom is 0.472 e. The van der Waals surface area contributed by atoms with E-state index in [1.807, 2.05) is 0 Å². The lowest BCUT2D eigenvalue weighted by Crippen LogP contribution is -2.30. The summed E-state index contributed by atoms with van der Waals surface area (Å²) < 4.78 is 68.3. The monoisotopic (exact) mass is 1320 g/mol. The minimum atomic E-state index is -4.95. The number of phosphoric acid groups is 2. The van der Waals surface area contributed by atoms with Crippen LogP contribution in [0.2, 0.25) is 0 Å². The minimum absolute atomic E-state index is 0.106. The van der Waals surface area contributed by atoms with Gasteiger partial charge in [-0.15, -0.1) is 0 Å². The van der Waals surface area contributed by atoms with Gasteiger partial charge in [-0.05, 0) is 37.5 Å². The van der Waals surface area contributed by atoms with Gasteiger partial charge in [-0.2, -0.15) is 0 Å². The lowest BCUT2D eigenvalue weighted by molar-refractivity contribution is -0.161. The maximum atomic E-state index is 13.0. The van der Waals surface area contributed by atoms with Gasteiger partial charge in [0.05, 0.1) is 26.4 Å². The van der Waals surface area contributed by atoms with Crippen LogP contribution in [0.3, 0.4) is 0 Å². The molecule has 0 saturated heterocycles. The van der Waals surface area contributed by atoms with Crippen molar-refractivity contribution in [3.8, 4) is 0 Å². The van der Waals surface area contributed by atoms with E-state index in [4.69, 9.17) is 37.0 Å². The number of unbranched alkanes of at least 4 members (excludes halogenated alkanes) is 38. The number of phosphoric ester groups is 2. The number of esters is 4. The molecule has 0 aliphatic rings. The molecule has 7 atom stereocenters. The van der Waals surface area contributed by atoms with Crippen LogP contribution in [0.4, 0.5) is 0 Å². The maximum absolute atomic E-state index is 13.0. The SMILES string of the molecule is CCCCCCCCCCCCCCCCCC(=O)O[C@H](COC(=O)CCCCCCCCCCCCC(C)CC)COP(=O)(O)OC[C@@H](O)COP(=O)(O)OC[C@@H](COC(=O)CCCCCCCCC(C)CC)OC(=O)CCCCCCCCCCCCC. The molecular formula is C71H138O17P2. The molecule has 0 aliphatic carbocycles. The van der Waals surface area contributed by atoms with E-state index in [1.54, 1.807) is 0 Å². The predicted octanol–water partition coefficient (Wildman–Crippen LogP) is 20.4. The fourth-order valence-corrected chi connectivity index (χ4v) is 12.3. The van der Waals surface area contributed by atoms with E-state index < -0.39 is 97.5 Å². The van der Waals surface area contributed by atoms with Crippen LogP contribution in [0.15, 0.2) is 0 Å². The number of hydrogen-bond acceptors (Lipinski definition) is 15. The van der Waals surface area contributed by atoms with Crippen molar-refractivity contribution < 1.29 is 80.2 Å². The molecule has 0 fully saturated rings. The Labute approximate surface area is 549 Å². The summed E-state index contributed by atoms with van der Waals surface area (Å²) in [5.41, 5.74) is 0. The molecule has 19 heteroatoms. The van der Waals surface area contributed by atoms with E-state index in [9.17, 15) is 43.2 Å². The van der Waals surface area contributed by atoms with Crippen molar-refractivity contribution in [2.24, 2.45) is 11.8 Å². The van der Waals surface area contributed by atoms with Crippen LogP contribution < -0.4 is 0 Å². The summed E-state index contributed by atoms with van der Waals surface area (Å²) in [6.45, 7) is 9.55. The second-order valence-electron chi connectivity index (χ2n) is 26.1. The highest BCUT2D eigenvalue weighted by Gasteiger charge is 2.30. The van der Waals surface area contributed by atoms with Crippen molar-refractivity contribution in [1.82, 2.24) is 0 Å². The van der Waals surface area contributed by atoms with Crippen LogP contribution in [0, 0.1) is 11.8 Å². The van der Waals surface area contributed by atoms with Gasteiger partial charge in [-0.3, -0.25) is 37.3 Å². The van der Waals surface area contributed by atoms with Crippen LogP contribution in [0.25, 0.3) is 0 Å². The van der Waals surface area contributed by atoms with E-state index in [2.05, 4.69) is 41.5 Å². The third-order valence-electron chi connectivity index (χ3n) is 17.2. The lowest BCUT2D eigenvalue weighted by Gasteiger charge is -2.21. The van der Waals surface area contributed by atoms with Crippen LogP contribution in [0.5, 0.6) is 0 Å². The number of hydrogen-bond donors (Lipinski definition) is 3. The van der Waals surface area contributed by atoms with Gasteiger partial charge in [-0.1, -0.05) is 311 Å². The molecule has 0 radical (unpaired) electrons. The molecule has 0 aromatic rings. The van der Waals surface area contributed by atoms with Gasteiger partial charge in [0.1, 0.15) is 19.3 Å². The van der Waals surface area contributed by atoms with Gasteiger partial charge in [0.25, 0.3) is 0 Å². The summed E-state index contributed by atoms with van der Waals surface area (Å²) in [5, 5.41) is 10.6. The molecule has 0 aromatic heterocycles. The Hall–Kier alpha value is -1.94. The van der Waals surface area contributed by atoms with Crippen molar-refractivity contribution in [3.05, 3.63) is 0 Å². The number of ether oxygens (including phenoxy) is 4. The smallest absolute Gasteiger partial charge is 0.462 e. The van der Waals surface area contributed by atoms with Crippen LogP contribution >= 0.6 is 15.6 Å². The second-order valence-corrected chi connectivity index (χ2v) is 29.0. The van der Waals surface area contributed by atoms with Crippen molar-refractivity contribution in [3.63, 3.8) is 0 Å². The van der Waals surface area contributed by atoms with Gasteiger partial charge in [0.2, 0.25) is 0 Å². The molecule has 17 nitrogen and oxygen atoms in total. The van der Waals surface area contributed by atoms with Gasteiger partial charge in [-0.25, -0.2) is 9.13 Å². The van der Waals surface area contributed by atoms with E-state index in [-0.39, 0.29) is 25.7 Å². The highest BCUT2D eigenvalue weighted by molar-refractivity contribution is 7.47. The molecule has 3 N–H and O–H groups in total. The third kappa shape index (κ3) is 62.2. The summed E-state index contributed by atoms with van der Waals surface area (Å²) in [6.07, 6.45) is 48.4. The minimum Gasteiger partial charge on any atom is -0.462 e. The molecule has 0 spiro atoms. The second kappa shape index (κ2) is 63.1. The van der Waals surface area contributed by atoms with E-state index in [1.165, 1.54) is 173 Å². The molecule has 534 valence electrons. The molecule has 0 aliphatic heterocycles. The Morgan fingerprint density at radius 1 is 0.311 bits per heavy atom. The molecule has 90 heavy (non-hydrogen) atoms. The Morgan fingerprint density at radius 2 is 0.533 bits per heavy atom. The first-order chi connectivity index (χ1) is 43.4. The highest BCUT2D eigenvalue weighted by Crippen LogP contribution is 2.45. The van der Waals surface area contributed by atoms with Crippen molar-refractivity contribution >= 4 is 39.5 Å². The lowest BCUT2D eigenvalue weighted by atomic mass is 9.99. The van der Waals surface area contributed by atoms with Crippen LogP contribution in [0.1, 0.15) is 363 Å². The quantitative estimate of drug-likeness (QED) is 0.0222. The summed E-state index contributed by atoms with van der Waals surface area (Å²) >= 11 is 0. The van der Waals surface area contributed by atoms with Crippen molar-refractivity contribution in [2.75, 3.05) is 39.6 Å². The van der Waals surface area contributed by atoms with E-state index >= 15 is 0 Å². The normalized spacial score (nSPS) is 14.7. The Bertz CT molecular complexity index is 1760. The largest absolute Gasteiger partial charge is 0.472 e. The highest BCUT2D eigenvalue weighted by atomic mass is 31.2. The van der Waals surface area contributed by atoms with Crippen LogP contribution in [-0.4, -0.2) is 96.7 Å². The average molecular weight is 1330 g/mol. The van der Waals surface area contributed by atoms with Crippen LogP contribution in [-0.2, 0) is 65.4 Å². The first-order valence-electron chi connectivity index (χ1n) is 37.1. The molecule has 4 unspecified atom stereocenters. The van der Waals surface area contributed by atoms with Crippen molar-refractivity contribution in [2.45, 2.75) is 381 Å². The number of carbonyl (C=O) groups is 4. The summed E-state index contributed by atoms with van der Waals surface area (Å²) in [6, 6.07) is 0. The molecule has 0 rings (SSSR count). The Kier molecular flexibility index (Phi) is 61.8. The zero-order valence-electron chi connectivity index (χ0n) is 58.4. The molecule has 0 bridgehead atoms. The van der Waals surface area contributed by atoms with E-state index in [0.29, 0.717) is 25.7 Å².